The molecule has 0 aromatic heterocycles. The number of hydrogen-bond acceptors (Lipinski definition) is 5. The summed E-state index contributed by atoms with van der Waals surface area (Å²) in [7, 11) is 0. The minimum atomic E-state index is -0.768. The molecule has 134 valence electrons. The number of carbonyl (C=O) groups is 4. The normalized spacial score (nSPS) is 28.4. The second kappa shape index (κ2) is 6.40. The average Bonchev–Trinajstić information content (AvgIpc) is 3.31. The maximum absolute atomic E-state index is 12.5. The topological polar surface area (TPSA) is 92.8 Å². The van der Waals surface area contributed by atoms with Gasteiger partial charge in [-0.3, -0.25) is 24.1 Å². The lowest BCUT2D eigenvalue weighted by atomic mass is 9.85. The summed E-state index contributed by atoms with van der Waals surface area (Å²) in [5.74, 6) is -2.35. The zero-order valence-electron chi connectivity index (χ0n) is 14.0. The van der Waals surface area contributed by atoms with Gasteiger partial charge in [0.05, 0.1) is 11.8 Å². The van der Waals surface area contributed by atoms with E-state index in [-0.39, 0.29) is 35.5 Å². The molecule has 0 unspecified atom stereocenters. The quantitative estimate of drug-likeness (QED) is 0.483. The molecule has 0 spiro atoms. The Morgan fingerprint density at radius 2 is 1.65 bits per heavy atom. The van der Waals surface area contributed by atoms with Crippen LogP contribution in [-0.2, 0) is 23.9 Å². The summed E-state index contributed by atoms with van der Waals surface area (Å²) < 4.78 is 4.91. The first-order chi connectivity index (χ1) is 12.5. The molecule has 2 aliphatic carbocycles. The van der Waals surface area contributed by atoms with E-state index in [0.717, 1.165) is 11.3 Å². The molecule has 4 rings (SSSR count). The van der Waals surface area contributed by atoms with Crippen LogP contribution in [0.5, 0.6) is 0 Å². The van der Waals surface area contributed by atoms with Gasteiger partial charge in [-0.15, -0.1) is 0 Å². The van der Waals surface area contributed by atoms with E-state index in [2.05, 4.69) is 5.32 Å². The fraction of sp³-hybridized carbons (Fsp3) is 0.368. The molecule has 3 amide bonds. The van der Waals surface area contributed by atoms with Crippen LogP contribution >= 0.6 is 0 Å². The Kier molecular flexibility index (Phi) is 4.06. The van der Waals surface area contributed by atoms with Crippen LogP contribution in [-0.4, -0.2) is 41.7 Å². The molecule has 1 saturated carbocycles. The number of para-hydroxylation sites is 1. The molecular weight excluding hydrogens is 336 g/mol. The molecule has 1 heterocycles. The smallest absolute Gasteiger partial charge is 0.326 e. The summed E-state index contributed by atoms with van der Waals surface area (Å²) >= 11 is 0. The SMILES string of the molecule is O=C(COC(=O)CN1C(=O)[C@@H]2[C@H](C1=O)[C@H]1C=C[C@H]2C1)Nc1ccccc1. The van der Waals surface area contributed by atoms with Gasteiger partial charge >= 0.3 is 5.97 Å². The third-order valence-corrected chi connectivity index (χ3v) is 5.27. The Hall–Kier alpha value is -2.96. The van der Waals surface area contributed by atoms with Gasteiger partial charge in [-0.1, -0.05) is 30.4 Å². The van der Waals surface area contributed by atoms with Crippen LogP contribution in [0.15, 0.2) is 42.5 Å². The van der Waals surface area contributed by atoms with E-state index >= 15 is 0 Å². The number of carbonyl (C=O) groups excluding carboxylic acids is 4. The standard InChI is InChI=1S/C19H18N2O5/c22-14(20-13-4-2-1-3-5-13)10-26-15(23)9-21-18(24)16-11-6-7-12(8-11)17(16)19(21)25/h1-7,11-12,16-17H,8-10H2,(H,20,22)/t11-,12-,16-,17+/m0/s1. The molecule has 3 aliphatic rings. The van der Waals surface area contributed by atoms with Gasteiger partial charge in [-0.25, -0.2) is 0 Å². The van der Waals surface area contributed by atoms with E-state index in [1.54, 1.807) is 24.3 Å². The lowest BCUT2D eigenvalue weighted by Crippen LogP contribution is -2.38. The summed E-state index contributed by atoms with van der Waals surface area (Å²) in [5.41, 5.74) is 0.592. The minimum absolute atomic E-state index is 0.0964. The summed E-state index contributed by atoms with van der Waals surface area (Å²) in [4.78, 5) is 49.7. The zero-order chi connectivity index (χ0) is 18.3. The van der Waals surface area contributed by atoms with Crippen LogP contribution in [0, 0.1) is 23.7 Å². The van der Waals surface area contributed by atoms with Gasteiger partial charge in [-0.2, -0.15) is 0 Å². The lowest BCUT2D eigenvalue weighted by molar-refractivity contribution is -0.154. The predicted octanol–water partition coefficient (Wildman–Crippen LogP) is 0.975. The first kappa shape index (κ1) is 16.5. The summed E-state index contributed by atoms with van der Waals surface area (Å²) in [6.07, 6.45) is 4.82. The Labute approximate surface area is 150 Å². The zero-order valence-corrected chi connectivity index (χ0v) is 14.0. The largest absolute Gasteiger partial charge is 0.454 e. The monoisotopic (exact) mass is 354 g/mol. The van der Waals surface area contributed by atoms with E-state index in [0.29, 0.717) is 5.69 Å². The fourth-order valence-corrected chi connectivity index (χ4v) is 4.16. The van der Waals surface area contributed by atoms with Crippen molar-refractivity contribution in [2.24, 2.45) is 23.7 Å². The molecule has 1 aliphatic heterocycles. The van der Waals surface area contributed by atoms with Crippen molar-refractivity contribution in [2.45, 2.75) is 6.42 Å². The van der Waals surface area contributed by atoms with Crippen molar-refractivity contribution >= 4 is 29.4 Å². The number of rotatable bonds is 5. The summed E-state index contributed by atoms with van der Waals surface area (Å²) in [6, 6.07) is 8.78. The summed E-state index contributed by atoms with van der Waals surface area (Å²) in [5, 5.41) is 2.59. The molecule has 26 heavy (non-hydrogen) atoms. The summed E-state index contributed by atoms with van der Waals surface area (Å²) in [6.45, 7) is -0.910. The molecule has 4 atom stereocenters. The first-order valence-corrected chi connectivity index (χ1v) is 8.58. The van der Waals surface area contributed by atoms with E-state index < -0.39 is 25.0 Å². The third kappa shape index (κ3) is 2.79. The lowest BCUT2D eigenvalue weighted by Gasteiger charge is -2.16. The van der Waals surface area contributed by atoms with Crippen LogP contribution in [0.4, 0.5) is 5.69 Å². The van der Waals surface area contributed by atoms with Gasteiger partial charge in [-0.05, 0) is 30.4 Å². The second-order valence-corrected chi connectivity index (χ2v) is 6.84. The predicted molar refractivity (Wildman–Crippen MR) is 90.5 cm³/mol. The molecule has 1 aromatic carbocycles. The highest BCUT2D eigenvalue weighted by atomic mass is 16.5. The molecule has 7 nitrogen and oxygen atoms in total. The fourth-order valence-electron chi connectivity index (χ4n) is 4.16. The van der Waals surface area contributed by atoms with E-state index in [9.17, 15) is 19.2 Å². The number of anilines is 1. The maximum Gasteiger partial charge on any atom is 0.326 e. The molecule has 2 bridgehead atoms. The van der Waals surface area contributed by atoms with Gasteiger partial charge in [0.25, 0.3) is 5.91 Å². The molecule has 1 N–H and O–H groups in total. The Balaban J connectivity index is 1.29. The number of likely N-dealkylation sites (tertiary alicyclic amines) is 1. The van der Waals surface area contributed by atoms with E-state index in [1.807, 2.05) is 18.2 Å². The number of fused-ring (bicyclic) bond motifs is 5. The highest BCUT2D eigenvalue weighted by Gasteiger charge is 2.59. The highest BCUT2D eigenvalue weighted by molar-refractivity contribution is 6.08. The number of nitrogens with zero attached hydrogens (tertiary/aromatic N) is 1. The third-order valence-electron chi connectivity index (χ3n) is 5.27. The molecular formula is C19H18N2O5. The van der Waals surface area contributed by atoms with Crippen LogP contribution in [0.1, 0.15) is 6.42 Å². The highest BCUT2D eigenvalue weighted by Crippen LogP contribution is 2.52. The Morgan fingerprint density at radius 3 is 2.27 bits per heavy atom. The van der Waals surface area contributed by atoms with E-state index in [4.69, 9.17) is 4.74 Å². The van der Waals surface area contributed by atoms with Crippen molar-refractivity contribution in [3.8, 4) is 0 Å². The first-order valence-electron chi connectivity index (χ1n) is 8.58. The Morgan fingerprint density at radius 1 is 1.04 bits per heavy atom. The van der Waals surface area contributed by atoms with Crippen molar-refractivity contribution in [3.05, 3.63) is 42.5 Å². The van der Waals surface area contributed by atoms with Crippen LogP contribution in [0.25, 0.3) is 0 Å². The number of imide groups is 1. The minimum Gasteiger partial charge on any atom is -0.454 e. The van der Waals surface area contributed by atoms with Crippen molar-refractivity contribution in [1.29, 1.82) is 0 Å². The Bertz CT molecular complexity index is 773. The number of nitrogens with one attached hydrogen (secondary N) is 1. The van der Waals surface area contributed by atoms with Gasteiger partial charge < -0.3 is 10.1 Å². The van der Waals surface area contributed by atoms with Gasteiger partial charge in [0.2, 0.25) is 11.8 Å². The van der Waals surface area contributed by atoms with Crippen molar-refractivity contribution in [2.75, 3.05) is 18.5 Å². The molecule has 1 saturated heterocycles. The number of hydrogen-bond donors (Lipinski definition) is 1. The number of esters is 1. The van der Waals surface area contributed by atoms with Gasteiger partial charge in [0.15, 0.2) is 6.61 Å². The van der Waals surface area contributed by atoms with Crippen LogP contribution in [0.3, 0.4) is 0 Å². The number of ether oxygens (including phenoxy) is 1. The average molecular weight is 354 g/mol. The molecule has 2 fully saturated rings. The number of benzene rings is 1. The van der Waals surface area contributed by atoms with Gasteiger partial charge in [0.1, 0.15) is 6.54 Å². The second-order valence-electron chi connectivity index (χ2n) is 6.84. The van der Waals surface area contributed by atoms with Crippen molar-refractivity contribution in [1.82, 2.24) is 4.90 Å². The number of amides is 3. The maximum atomic E-state index is 12.5. The van der Waals surface area contributed by atoms with Crippen molar-refractivity contribution in [3.63, 3.8) is 0 Å². The van der Waals surface area contributed by atoms with Crippen LogP contribution < -0.4 is 5.32 Å². The molecule has 1 aromatic rings. The van der Waals surface area contributed by atoms with Crippen LogP contribution in [0.2, 0.25) is 0 Å². The number of allylic oxidation sites excluding steroid dienone is 2. The molecule has 7 heteroatoms. The van der Waals surface area contributed by atoms with Gasteiger partial charge in [0, 0.05) is 5.69 Å². The molecule has 0 radical (unpaired) electrons. The van der Waals surface area contributed by atoms with Crippen molar-refractivity contribution < 1.29 is 23.9 Å². The van der Waals surface area contributed by atoms with E-state index in [1.165, 1.54) is 0 Å².